The molecule has 3 aromatic carbocycles. The van der Waals surface area contributed by atoms with Gasteiger partial charge in [-0.15, -0.1) is 0 Å². The lowest BCUT2D eigenvalue weighted by Crippen LogP contribution is -2.53. The molecule has 0 N–H and O–H groups in total. The van der Waals surface area contributed by atoms with Crippen molar-refractivity contribution in [1.82, 2.24) is 4.90 Å². The van der Waals surface area contributed by atoms with Crippen molar-refractivity contribution in [3.05, 3.63) is 101 Å². The van der Waals surface area contributed by atoms with Gasteiger partial charge < -0.3 is 19.3 Å². The highest BCUT2D eigenvalue weighted by atomic mass is 19.4. The summed E-state index contributed by atoms with van der Waals surface area (Å²) >= 11 is 0. The summed E-state index contributed by atoms with van der Waals surface area (Å²) in [7, 11) is 0. The summed E-state index contributed by atoms with van der Waals surface area (Å²) < 4.78 is 107. The van der Waals surface area contributed by atoms with Crippen LogP contribution in [0, 0.1) is 11.7 Å². The maximum atomic E-state index is 13.8. The molecule has 12 heteroatoms. The number of para-hydroxylation sites is 1. The Labute approximate surface area is 250 Å². The van der Waals surface area contributed by atoms with Crippen LogP contribution in [0.5, 0.6) is 0 Å². The fourth-order valence-corrected chi connectivity index (χ4v) is 5.82. The van der Waals surface area contributed by atoms with Gasteiger partial charge >= 0.3 is 12.4 Å². The number of hydrogen-bond acceptors (Lipinski definition) is 4. The van der Waals surface area contributed by atoms with Crippen molar-refractivity contribution in [2.24, 2.45) is 5.92 Å². The van der Waals surface area contributed by atoms with E-state index in [4.69, 9.17) is 9.47 Å². The van der Waals surface area contributed by atoms with Crippen LogP contribution >= 0.6 is 0 Å². The van der Waals surface area contributed by atoms with Gasteiger partial charge in [-0.05, 0) is 72.9 Å². The molecule has 0 aliphatic carbocycles. The summed E-state index contributed by atoms with van der Waals surface area (Å²) in [6, 6.07) is 16.5. The lowest BCUT2D eigenvalue weighted by molar-refractivity contribution is -0.210. The van der Waals surface area contributed by atoms with Crippen molar-refractivity contribution in [1.29, 1.82) is 0 Å². The molecule has 0 bridgehead atoms. The number of ether oxygens (including phenoxy) is 2. The SMILES string of the molecule is CC(OC1OCCC(CN2CCN(c3ccccc3)CC2=O)C1c1ccc(F)cc1)c1cc(C(F)(F)F)cc(C(F)(F)F)c1. The van der Waals surface area contributed by atoms with E-state index in [1.54, 1.807) is 17.0 Å². The highest BCUT2D eigenvalue weighted by molar-refractivity contribution is 5.82. The molecule has 236 valence electrons. The third-order valence-corrected chi connectivity index (χ3v) is 8.14. The third-order valence-electron chi connectivity index (χ3n) is 8.14. The summed E-state index contributed by atoms with van der Waals surface area (Å²) in [5.74, 6) is -1.40. The van der Waals surface area contributed by atoms with Gasteiger partial charge in [-0.1, -0.05) is 30.3 Å². The Balaban J connectivity index is 1.38. The quantitative estimate of drug-likeness (QED) is 0.257. The number of nitrogens with zero attached hydrogens (tertiary/aromatic N) is 2. The molecule has 0 spiro atoms. The van der Waals surface area contributed by atoms with Crippen molar-refractivity contribution in [3.8, 4) is 0 Å². The summed E-state index contributed by atoms with van der Waals surface area (Å²) in [5.41, 5.74) is -1.65. The Bertz CT molecular complexity index is 1400. The number of amides is 1. The van der Waals surface area contributed by atoms with Crippen LogP contribution in [0.3, 0.4) is 0 Å². The van der Waals surface area contributed by atoms with E-state index in [2.05, 4.69) is 0 Å². The summed E-state index contributed by atoms with van der Waals surface area (Å²) in [5, 5.41) is 0. The number of anilines is 1. The third kappa shape index (κ3) is 7.35. The molecule has 5 nitrogen and oxygen atoms in total. The average Bonchev–Trinajstić information content (AvgIpc) is 2.98. The first-order valence-electron chi connectivity index (χ1n) is 14.2. The standard InChI is InChI=1S/C32H31F7N2O3/c1-20(23-15-24(31(34,35)36)17-25(16-23)32(37,38)39)44-30-29(21-7-9-26(33)10-8-21)22(11-14-43-30)18-41-13-12-40(19-28(41)42)27-5-3-2-4-6-27/h2-10,15-17,20,22,29-30H,11-14,18-19H2,1H3. The highest BCUT2D eigenvalue weighted by Crippen LogP contribution is 2.42. The minimum Gasteiger partial charge on any atom is -0.360 e. The van der Waals surface area contributed by atoms with Crippen LogP contribution in [0.4, 0.5) is 36.4 Å². The number of benzene rings is 3. The first kappa shape index (κ1) is 31.8. The maximum absolute atomic E-state index is 13.8. The first-order chi connectivity index (χ1) is 20.8. The highest BCUT2D eigenvalue weighted by Gasteiger charge is 2.41. The fourth-order valence-electron chi connectivity index (χ4n) is 5.82. The second-order valence-corrected chi connectivity index (χ2v) is 11.1. The van der Waals surface area contributed by atoms with Crippen LogP contribution in [0.25, 0.3) is 0 Å². The number of piperazine rings is 1. The topological polar surface area (TPSA) is 42.0 Å². The molecule has 2 aliphatic heterocycles. The van der Waals surface area contributed by atoms with E-state index < -0.39 is 47.6 Å². The molecule has 2 aliphatic rings. The largest absolute Gasteiger partial charge is 0.416 e. The number of carbonyl (C=O) groups is 1. The van der Waals surface area contributed by atoms with E-state index in [1.165, 1.54) is 19.1 Å². The van der Waals surface area contributed by atoms with Crippen molar-refractivity contribution < 1.29 is 45.0 Å². The normalized spacial score (nSPS) is 22.3. The molecule has 0 radical (unpaired) electrons. The zero-order valence-corrected chi connectivity index (χ0v) is 23.7. The van der Waals surface area contributed by atoms with Crippen LogP contribution in [-0.4, -0.2) is 49.9 Å². The molecule has 1 amide bonds. The van der Waals surface area contributed by atoms with E-state index in [0.29, 0.717) is 43.8 Å². The molecule has 3 aromatic rings. The van der Waals surface area contributed by atoms with Gasteiger partial charge in [0.25, 0.3) is 0 Å². The molecule has 0 saturated carbocycles. The van der Waals surface area contributed by atoms with Crippen LogP contribution in [0.2, 0.25) is 0 Å². The Morgan fingerprint density at radius 2 is 1.55 bits per heavy atom. The maximum Gasteiger partial charge on any atom is 0.416 e. The molecule has 4 atom stereocenters. The van der Waals surface area contributed by atoms with E-state index in [9.17, 15) is 35.5 Å². The van der Waals surface area contributed by atoms with Crippen molar-refractivity contribution in [2.75, 3.05) is 37.7 Å². The molecule has 2 heterocycles. The zero-order chi connectivity index (χ0) is 31.6. The summed E-state index contributed by atoms with van der Waals surface area (Å²) in [4.78, 5) is 16.9. The van der Waals surface area contributed by atoms with Crippen LogP contribution in [0.1, 0.15) is 47.6 Å². The number of alkyl halides is 6. The Morgan fingerprint density at radius 1 is 0.909 bits per heavy atom. The molecule has 4 unspecified atom stereocenters. The minimum atomic E-state index is -5.00. The van der Waals surface area contributed by atoms with Gasteiger partial charge in [-0.3, -0.25) is 4.79 Å². The van der Waals surface area contributed by atoms with E-state index in [1.807, 2.05) is 35.2 Å². The Morgan fingerprint density at radius 3 is 2.14 bits per heavy atom. The van der Waals surface area contributed by atoms with Gasteiger partial charge in [0.1, 0.15) is 5.82 Å². The van der Waals surface area contributed by atoms with Crippen molar-refractivity contribution in [3.63, 3.8) is 0 Å². The fraction of sp³-hybridized carbons (Fsp3) is 0.406. The molecule has 44 heavy (non-hydrogen) atoms. The molecule has 2 fully saturated rings. The smallest absolute Gasteiger partial charge is 0.360 e. The molecular weight excluding hydrogens is 593 g/mol. The average molecular weight is 625 g/mol. The lowest BCUT2D eigenvalue weighted by atomic mass is 9.81. The Hall–Kier alpha value is -3.64. The molecular formula is C32H31F7N2O3. The Kier molecular flexibility index (Phi) is 9.22. The zero-order valence-electron chi connectivity index (χ0n) is 23.7. The van der Waals surface area contributed by atoms with E-state index >= 15 is 0 Å². The van der Waals surface area contributed by atoms with Crippen LogP contribution in [0.15, 0.2) is 72.8 Å². The van der Waals surface area contributed by atoms with Crippen LogP contribution in [-0.2, 0) is 26.6 Å². The van der Waals surface area contributed by atoms with Gasteiger partial charge in [0.15, 0.2) is 6.29 Å². The predicted molar refractivity (Wildman–Crippen MR) is 148 cm³/mol. The lowest BCUT2D eigenvalue weighted by Gasteiger charge is -2.43. The van der Waals surface area contributed by atoms with Crippen molar-refractivity contribution in [2.45, 2.75) is 44.0 Å². The first-order valence-corrected chi connectivity index (χ1v) is 14.2. The van der Waals surface area contributed by atoms with Gasteiger partial charge in [0.2, 0.25) is 5.91 Å². The monoisotopic (exact) mass is 624 g/mol. The number of hydrogen-bond donors (Lipinski definition) is 0. The van der Waals surface area contributed by atoms with E-state index in [0.717, 1.165) is 5.69 Å². The molecule has 2 saturated heterocycles. The van der Waals surface area contributed by atoms with Gasteiger partial charge in [-0.2, -0.15) is 26.3 Å². The molecule has 5 rings (SSSR count). The second-order valence-electron chi connectivity index (χ2n) is 11.1. The molecule has 0 aromatic heterocycles. The number of rotatable bonds is 7. The summed E-state index contributed by atoms with van der Waals surface area (Å²) in [6.07, 6.45) is -11.8. The minimum absolute atomic E-state index is 0.0687. The van der Waals surface area contributed by atoms with Crippen molar-refractivity contribution >= 4 is 11.6 Å². The van der Waals surface area contributed by atoms with Gasteiger partial charge in [0, 0.05) is 31.2 Å². The predicted octanol–water partition coefficient (Wildman–Crippen LogP) is 7.44. The van der Waals surface area contributed by atoms with Gasteiger partial charge in [0.05, 0.1) is 30.4 Å². The number of halogens is 7. The van der Waals surface area contributed by atoms with Gasteiger partial charge in [-0.25, -0.2) is 4.39 Å². The number of carbonyl (C=O) groups excluding carboxylic acids is 1. The van der Waals surface area contributed by atoms with E-state index in [-0.39, 0.29) is 36.6 Å². The summed E-state index contributed by atoms with van der Waals surface area (Å²) in [6.45, 7) is 3.11. The van der Waals surface area contributed by atoms with Crippen LogP contribution < -0.4 is 4.90 Å². The second kappa shape index (κ2) is 12.8.